The molecule has 9 nitrogen and oxygen atoms in total. The molecule has 0 rings (SSSR count). The summed E-state index contributed by atoms with van der Waals surface area (Å²) in [5.74, 6) is -1.48. The lowest BCUT2D eigenvalue weighted by molar-refractivity contribution is -0.141. The lowest BCUT2D eigenvalue weighted by Crippen LogP contribution is -2.63. The molecule has 0 aliphatic rings. The molecule has 0 aliphatic heterocycles. The van der Waals surface area contributed by atoms with E-state index in [-0.39, 0.29) is 13.0 Å². The minimum Gasteiger partial charge on any atom is -0.469 e. The van der Waals surface area contributed by atoms with E-state index in [1.807, 2.05) is 0 Å². The van der Waals surface area contributed by atoms with Gasteiger partial charge in [-0.2, -0.15) is 0 Å². The number of esters is 1. The first kappa shape index (κ1) is 23.7. The number of rotatable bonds is 7. The molecule has 0 atom stereocenters. The summed E-state index contributed by atoms with van der Waals surface area (Å²) in [7, 11) is 1.26. The molecule has 0 aromatic heterocycles. The number of amides is 3. The molecule has 0 saturated carbocycles. The highest BCUT2D eigenvalue weighted by molar-refractivity contribution is 5.95. The predicted octanol–water partition coefficient (Wildman–Crippen LogP) is 0.864. The molecule has 0 aromatic carbocycles. The van der Waals surface area contributed by atoms with Gasteiger partial charge in [0.2, 0.25) is 11.8 Å². The van der Waals surface area contributed by atoms with Crippen molar-refractivity contribution in [3.8, 4) is 0 Å². The van der Waals surface area contributed by atoms with Gasteiger partial charge in [-0.25, -0.2) is 4.79 Å². The summed E-state index contributed by atoms with van der Waals surface area (Å²) in [5.41, 5.74) is -3.25. The van der Waals surface area contributed by atoms with Gasteiger partial charge >= 0.3 is 12.1 Å². The Labute approximate surface area is 154 Å². The van der Waals surface area contributed by atoms with Crippen LogP contribution in [-0.2, 0) is 23.9 Å². The second kappa shape index (κ2) is 8.86. The van der Waals surface area contributed by atoms with Crippen LogP contribution in [0.4, 0.5) is 4.79 Å². The maximum Gasteiger partial charge on any atom is 0.408 e. The molecule has 150 valence electrons. The van der Waals surface area contributed by atoms with Crippen molar-refractivity contribution in [3.63, 3.8) is 0 Å². The fourth-order valence-corrected chi connectivity index (χ4v) is 1.71. The molecule has 0 fully saturated rings. The van der Waals surface area contributed by atoms with Crippen LogP contribution in [0.5, 0.6) is 0 Å². The Morgan fingerprint density at radius 3 is 1.77 bits per heavy atom. The smallest absolute Gasteiger partial charge is 0.408 e. The van der Waals surface area contributed by atoms with Crippen LogP contribution in [0.2, 0.25) is 0 Å². The Bertz CT molecular complexity index is 549. The highest BCUT2D eigenvalue weighted by atomic mass is 16.6. The zero-order valence-electron chi connectivity index (χ0n) is 16.9. The number of methoxy groups -OCH3 is 1. The van der Waals surface area contributed by atoms with E-state index in [2.05, 4.69) is 20.7 Å². The van der Waals surface area contributed by atoms with E-state index in [0.717, 1.165) is 0 Å². The maximum absolute atomic E-state index is 12.5. The normalized spacial score (nSPS) is 12.0. The third-order valence-corrected chi connectivity index (χ3v) is 3.22. The second-order valence-corrected chi connectivity index (χ2v) is 7.91. The molecule has 0 spiro atoms. The summed E-state index contributed by atoms with van der Waals surface area (Å²) < 4.78 is 9.62. The number of carbonyl (C=O) groups excluding carboxylic acids is 4. The number of hydrogen-bond donors (Lipinski definition) is 3. The molecule has 0 heterocycles. The lowest BCUT2D eigenvalue weighted by Gasteiger charge is -2.32. The summed E-state index contributed by atoms with van der Waals surface area (Å²) in [4.78, 5) is 47.6. The summed E-state index contributed by atoms with van der Waals surface area (Å²) >= 11 is 0. The average Bonchev–Trinajstić information content (AvgIpc) is 2.43. The molecule has 0 radical (unpaired) electrons. The highest BCUT2D eigenvalue weighted by Crippen LogP contribution is 2.11. The van der Waals surface area contributed by atoms with Crippen LogP contribution in [0.1, 0.15) is 54.9 Å². The predicted molar refractivity (Wildman–Crippen MR) is 95.3 cm³/mol. The van der Waals surface area contributed by atoms with Crippen molar-refractivity contribution >= 4 is 23.9 Å². The zero-order chi connectivity index (χ0) is 20.8. The molecule has 9 heteroatoms. The van der Waals surface area contributed by atoms with Crippen molar-refractivity contribution < 1.29 is 28.7 Å². The van der Waals surface area contributed by atoms with Gasteiger partial charge < -0.3 is 25.4 Å². The summed E-state index contributed by atoms with van der Waals surface area (Å²) in [6, 6.07) is 0. The van der Waals surface area contributed by atoms with Crippen molar-refractivity contribution in [2.45, 2.75) is 71.6 Å². The lowest BCUT2D eigenvalue weighted by atomic mass is 9.99. The van der Waals surface area contributed by atoms with Gasteiger partial charge in [0.05, 0.1) is 13.5 Å². The molecule has 0 unspecified atom stereocenters. The summed E-state index contributed by atoms with van der Waals surface area (Å²) in [5, 5.41) is 7.60. The van der Waals surface area contributed by atoms with E-state index in [0.29, 0.717) is 0 Å². The van der Waals surface area contributed by atoms with Gasteiger partial charge in [-0.3, -0.25) is 14.4 Å². The number of nitrogens with one attached hydrogen (secondary N) is 3. The van der Waals surface area contributed by atoms with Crippen LogP contribution >= 0.6 is 0 Å². The van der Waals surface area contributed by atoms with E-state index in [1.165, 1.54) is 34.8 Å². The standard InChI is InChI=1S/C17H31N3O6/c1-15(2,3)26-14(24)20-17(6,7)13(23)19-16(4,5)12(22)18-10-9-11(21)25-8/h9-10H2,1-8H3,(H,18,22)(H,19,23)(H,20,24). The van der Waals surface area contributed by atoms with Crippen LogP contribution in [0.25, 0.3) is 0 Å². The van der Waals surface area contributed by atoms with Gasteiger partial charge in [0.1, 0.15) is 16.7 Å². The number of hydrogen-bond acceptors (Lipinski definition) is 6. The molecule has 0 bridgehead atoms. The van der Waals surface area contributed by atoms with E-state index in [1.54, 1.807) is 20.8 Å². The maximum atomic E-state index is 12.5. The SMILES string of the molecule is COC(=O)CCNC(=O)C(C)(C)NC(=O)C(C)(C)NC(=O)OC(C)(C)C. The fraction of sp³-hybridized carbons (Fsp3) is 0.765. The van der Waals surface area contributed by atoms with Gasteiger partial charge in [0, 0.05) is 6.54 Å². The van der Waals surface area contributed by atoms with Crippen LogP contribution in [0, 0.1) is 0 Å². The van der Waals surface area contributed by atoms with Crippen molar-refractivity contribution in [2.24, 2.45) is 0 Å². The van der Waals surface area contributed by atoms with Gasteiger partial charge in [0.25, 0.3) is 0 Å². The third-order valence-electron chi connectivity index (χ3n) is 3.22. The minimum absolute atomic E-state index is 0.0258. The molecule has 0 saturated heterocycles. The zero-order valence-corrected chi connectivity index (χ0v) is 16.9. The number of carbonyl (C=O) groups is 4. The fourth-order valence-electron chi connectivity index (χ4n) is 1.71. The van der Waals surface area contributed by atoms with Crippen LogP contribution < -0.4 is 16.0 Å². The Morgan fingerprint density at radius 1 is 0.808 bits per heavy atom. The number of ether oxygens (including phenoxy) is 2. The van der Waals surface area contributed by atoms with Crippen molar-refractivity contribution in [3.05, 3.63) is 0 Å². The van der Waals surface area contributed by atoms with Gasteiger partial charge in [-0.15, -0.1) is 0 Å². The third kappa shape index (κ3) is 8.68. The van der Waals surface area contributed by atoms with E-state index in [9.17, 15) is 19.2 Å². The van der Waals surface area contributed by atoms with Gasteiger partial charge in [-0.1, -0.05) is 0 Å². The van der Waals surface area contributed by atoms with Crippen LogP contribution in [0.3, 0.4) is 0 Å². The monoisotopic (exact) mass is 373 g/mol. The van der Waals surface area contributed by atoms with E-state index in [4.69, 9.17) is 4.74 Å². The van der Waals surface area contributed by atoms with Crippen molar-refractivity contribution in [1.29, 1.82) is 0 Å². The van der Waals surface area contributed by atoms with Gasteiger partial charge in [-0.05, 0) is 48.5 Å². The molecular weight excluding hydrogens is 342 g/mol. The number of alkyl carbamates (subject to hydrolysis) is 1. The Hall–Kier alpha value is -2.32. The summed E-state index contributed by atoms with van der Waals surface area (Å²) in [6.07, 6.45) is -0.712. The second-order valence-electron chi connectivity index (χ2n) is 7.91. The first-order valence-corrected chi connectivity index (χ1v) is 8.29. The Kier molecular flexibility index (Phi) is 8.07. The largest absolute Gasteiger partial charge is 0.469 e. The van der Waals surface area contributed by atoms with Crippen LogP contribution in [-0.4, -0.2) is 54.2 Å². The molecule has 3 N–H and O–H groups in total. The van der Waals surface area contributed by atoms with E-state index >= 15 is 0 Å². The molecular formula is C17H31N3O6. The Morgan fingerprint density at radius 2 is 1.31 bits per heavy atom. The van der Waals surface area contributed by atoms with E-state index < -0.39 is 40.6 Å². The molecule has 3 amide bonds. The Balaban J connectivity index is 4.75. The van der Waals surface area contributed by atoms with Crippen molar-refractivity contribution in [1.82, 2.24) is 16.0 Å². The first-order chi connectivity index (χ1) is 11.6. The molecule has 26 heavy (non-hydrogen) atoms. The molecule has 0 aromatic rings. The minimum atomic E-state index is -1.30. The van der Waals surface area contributed by atoms with Gasteiger partial charge in [0.15, 0.2) is 0 Å². The highest BCUT2D eigenvalue weighted by Gasteiger charge is 2.37. The van der Waals surface area contributed by atoms with Crippen molar-refractivity contribution in [2.75, 3.05) is 13.7 Å². The summed E-state index contributed by atoms with van der Waals surface area (Å²) in [6.45, 7) is 11.2. The average molecular weight is 373 g/mol. The quantitative estimate of drug-likeness (QED) is 0.569. The first-order valence-electron chi connectivity index (χ1n) is 8.29. The van der Waals surface area contributed by atoms with Crippen LogP contribution in [0.15, 0.2) is 0 Å². The topological polar surface area (TPSA) is 123 Å². The molecule has 0 aliphatic carbocycles.